The molecule has 0 aromatic rings. The molecule has 0 unspecified atom stereocenters. The third-order valence-electron chi connectivity index (χ3n) is 6.23. The first-order valence-corrected chi connectivity index (χ1v) is 10.8. The molecule has 148 valence electrons. The molecule has 2 atom stereocenters. The fraction of sp³-hybridized carbons (Fsp3) is 0.900. The van der Waals surface area contributed by atoms with E-state index >= 15 is 0 Å². The monoisotopic (exact) mass is 364 g/mol. The number of urea groups is 2. The Kier molecular flexibility index (Phi) is 7.44. The van der Waals surface area contributed by atoms with E-state index in [0.717, 1.165) is 51.4 Å². The molecule has 3 aliphatic rings. The standard InChI is InChI=1S/C20H36N4O2/c25-19(21-15-8-3-1-4-9-15)23-17-12-7-13-18(14-17)24-20(26)22-16-10-5-2-6-11-16/h15-18H,1-14H2,(H2,21,23,25)(H2,22,24,26)/t17-,18-/m0/s1. The van der Waals surface area contributed by atoms with E-state index in [-0.39, 0.29) is 24.1 Å². The summed E-state index contributed by atoms with van der Waals surface area (Å²) in [4.78, 5) is 24.5. The lowest BCUT2D eigenvalue weighted by atomic mass is 9.91. The van der Waals surface area contributed by atoms with Gasteiger partial charge in [0, 0.05) is 24.2 Å². The second-order valence-corrected chi connectivity index (χ2v) is 8.47. The van der Waals surface area contributed by atoms with Crippen molar-refractivity contribution >= 4 is 12.1 Å². The average Bonchev–Trinajstić information content (AvgIpc) is 2.63. The van der Waals surface area contributed by atoms with E-state index in [0.29, 0.717) is 12.1 Å². The Hall–Kier alpha value is -1.46. The second kappa shape index (κ2) is 10.0. The summed E-state index contributed by atoms with van der Waals surface area (Å²) < 4.78 is 0. The van der Waals surface area contributed by atoms with Gasteiger partial charge in [-0.1, -0.05) is 38.5 Å². The van der Waals surface area contributed by atoms with Gasteiger partial charge in [0.1, 0.15) is 0 Å². The van der Waals surface area contributed by atoms with Crippen LogP contribution < -0.4 is 21.3 Å². The fourth-order valence-electron chi connectivity index (χ4n) is 4.77. The number of carbonyl (C=O) groups is 2. The van der Waals surface area contributed by atoms with Gasteiger partial charge in [-0.2, -0.15) is 0 Å². The zero-order chi connectivity index (χ0) is 18.2. The maximum Gasteiger partial charge on any atom is 0.315 e. The van der Waals surface area contributed by atoms with Crippen molar-refractivity contribution in [1.29, 1.82) is 0 Å². The van der Waals surface area contributed by atoms with Crippen LogP contribution in [0, 0.1) is 0 Å². The molecule has 4 N–H and O–H groups in total. The predicted molar refractivity (Wildman–Crippen MR) is 103 cm³/mol. The van der Waals surface area contributed by atoms with Gasteiger partial charge in [0.2, 0.25) is 0 Å². The highest BCUT2D eigenvalue weighted by molar-refractivity contribution is 5.75. The maximum absolute atomic E-state index is 12.2. The molecule has 3 fully saturated rings. The third-order valence-corrected chi connectivity index (χ3v) is 6.23. The van der Waals surface area contributed by atoms with Crippen LogP contribution in [0.15, 0.2) is 0 Å². The molecule has 3 saturated carbocycles. The Labute approximate surface area is 157 Å². The summed E-state index contributed by atoms with van der Waals surface area (Å²) in [5.41, 5.74) is 0. The molecule has 0 aromatic heterocycles. The highest BCUT2D eigenvalue weighted by Gasteiger charge is 2.26. The first kappa shape index (κ1) is 19.3. The van der Waals surface area contributed by atoms with Crippen LogP contribution in [0.3, 0.4) is 0 Å². The molecule has 0 spiro atoms. The first-order valence-electron chi connectivity index (χ1n) is 10.8. The third kappa shape index (κ3) is 6.36. The van der Waals surface area contributed by atoms with Crippen molar-refractivity contribution in [2.75, 3.05) is 0 Å². The fourth-order valence-corrected chi connectivity index (χ4v) is 4.77. The van der Waals surface area contributed by atoms with Gasteiger partial charge in [0.05, 0.1) is 0 Å². The molecule has 3 aliphatic carbocycles. The summed E-state index contributed by atoms with van der Waals surface area (Å²) in [5, 5.41) is 12.5. The van der Waals surface area contributed by atoms with Crippen molar-refractivity contribution in [2.45, 2.75) is 114 Å². The van der Waals surface area contributed by atoms with E-state index < -0.39 is 0 Å². The molecule has 6 nitrogen and oxygen atoms in total. The topological polar surface area (TPSA) is 82.3 Å². The number of rotatable bonds is 4. The zero-order valence-electron chi connectivity index (χ0n) is 16.0. The SMILES string of the molecule is O=C(NC1CCCCC1)N[C@H]1CCC[C@H](NC(=O)NC2CCCCC2)C1. The Balaban J connectivity index is 1.36. The molecule has 0 aromatic carbocycles. The molecule has 0 aliphatic heterocycles. The Morgan fingerprint density at radius 1 is 0.462 bits per heavy atom. The van der Waals surface area contributed by atoms with E-state index in [1.165, 1.54) is 38.5 Å². The van der Waals surface area contributed by atoms with Crippen LogP contribution in [0.1, 0.15) is 89.9 Å². The van der Waals surface area contributed by atoms with Crippen LogP contribution in [-0.2, 0) is 0 Å². The average molecular weight is 365 g/mol. The van der Waals surface area contributed by atoms with Crippen molar-refractivity contribution in [3.05, 3.63) is 0 Å². The van der Waals surface area contributed by atoms with E-state index in [1.54, 1.807) is 0 Å². The van der Waals surface area contributed by atoms with Gasteiger partial charge < -0.3 is 21.3 Å². The van der Waals surface area contributed by atoms with E-state index in [2.05, 4.69) is 21.3 Å². The minimum absolute atomic E-state index is 0.0331. The Morgan fingerprint density at radius 2 is 0.808 bits per heavy atom. The van der Waals surface area contributed by atoms with Gasteiger partial charge in [0.25, 0.3) is 0 Å². The van der Waals surface area contributed by atoms with Crippen molar-refractivity contribution < 1.29 is 9.59 Å². The lowest BCUT2D eigenvalue weighted by Gasteiger charge is -2.32. The van der Waals surface area contributed by atoms with Gasteiger partial charge in [-0.25, -0.2) is 9.59 Å². The summed E-state index contributed by atoms with van der Waals surface area (Å²) in [7, 11) is 0. The van der Waals surface area contributed by atoms with Crippen LogP contribution in [0.2, 0.25) is 0 Å². The minimum atomic E-state index is -0.0331. The molecule has 0 saturated heterocycles. The van der Waals surface area contributed by atoms with E-state index in [9.17, 15) is 9.59 Å². The normalized spacial score (nSPS) is 28.2. The number of nitrogens with one attached hydrogen (secondary N) is 4. The lowest BCUT2D eigenvalue weighted by Crippen LogP contribution is -2.52. The smallest absolute Gasteiger partial charge is 0.315 e. The highest BCUT2D eigenvalue weighted by Crippen LogP contribution is 2.20. The summed E-state index contributed by atoms with van der Waals surface area (Å²) >= 11 is 0. The molecule has 3 rings (SSSR count). The van der Waals surface area contributed by atoms with Gasteiger partial charge in [-0.3, -0.25) is 0 Å². The van der Waals surface area contributed by atoms with E-state index in [4.69, 9.17) is 0 Å². The van der Waals surface area contributed by atoms with Crippen LogP contribution in [-0.4, -0.2) is 36.2 Å². The second-order valence-electron chi connectivity index (χ2n) is 8.47. The molecule has 26 heavy (non-hydrogen) atoms. The van der Waals surface area contributed by atoms with Crippen LogP contribution in [0.4, 0.5) is 9.59 Å². The predicted octanol–water partition coefficient (Wildman–Crippen LogP) is 3.56. The summed E-state index contributed by atoms with van der Waals surface area (Å²) in [6, 6.07) is 0.924. The van der Waals surface area contributed by atoms with Crippen molar-refractivity contribution in [3.8, 4) is 0 Å². The molecular formula is C20H36N4O2. The molecule has 4 amide bonds. The highest BCUT2D eigenvalue weighted by atomic mass is 16.2. The van der Waals surface area contributed by atoms with Crippen molar-refractivity contribution in [3.63, 3.8) is 0 Å². The summed E-state index contributed by atoms with van der Waals surface area (Å²) in [5.74, 6) is 0. The zero-order valence-corrected chi connectivity index (χ0v) is 16.0. The van der Waals surface area contributed by atoms with Gasteiger partial charge in [-0.15, -0.1) is 0 Å². The molecular weight excluding hydrogens is 328 g/mol. The molecule has 0 bridgehead atoms. The maximum atomic E-state index is 12.2. The van der Waals surface area contributed by atoms with Crippen molar-refractivity contribution in [1.82, 2.24) is 21.3 Å². The van der Waals surface area contributed by atoms with Crippen LogP contribution >= 0.6 is 0 Å². The van der Waals surface area contributed by atoms with Gasteiger partial charge >= 0.3 is 12.1 Å². The Bertz CT molecular complexity index is 419. The first-order chi connectivity index (χ1) is 12.7. The largest absolute Gasteiger partial charge is 0.335 e. The number of hydrogen-bond donors (Lipinski definition) is 4. The number of amides is 4. The molecule has 0 radical (unpaired) electrons. The summed E-state index contributed by atoms with van der Waals surface area (Å²) in [6.45, 7) is 0. The van der Waals surface area contributed by atoms with Crippen molar-refractivity contribution in [2.24, 2.45) is 0 Å². The summed E-state index contributed by atoms with van der Waals surface area (Å²) in [6.07, 6.45) is 15.7. The van der Waals surface area contributed by atoms with E-state index in [1.807, 2.05) is 0 Å². The minimum Gasteiger partial charge on any atom is -0.335 e. The number of hydrogen-bond acceptors (Lipinski definition) is 2. The Morgan fingerprint density at radius 3 is 1.23 bits per heavy atom. The molecule has 0 heterocycles. The quantitative estimate of drug-likeness (QED) is 0.615. The van der Waals surface area contributed by atoms with Crippen LogP contribution in [0.5, 0.6) is 0 Å². The molecule has 6 heteroatoms. The lowest BCUT2D eigenvalue weighted by molar-refractivity contribution is 0.214. The van der Waals surface area contributed by atoms with Gasteiger partial charge in [-0.05, 0) is 51.4 Å². The number of carbonyl (C=O) groups excluding carboxylic acids is 2. The van der Waals surface area contributed by atoms with Gasteiger partial charge in [0.15, 0.2) is 0 Å². The van der Waals surface area contributed by atoms with Crippen LogP contribution in [0.25, 0.3) is 0 Å².